The van der Waals surface area contributed by atoms with Gasteiger partial charge in [-0.3, -0.25) is 0 Å². The summed E-state index contributed by atoms with van der Waals surface area (Å²) in [5.41, 5.74) is 1.96. The monoisotopic (exact) mass is 374 g/mol. The first kappa shape index (κ1) is 13.4. The van der Waals surface area contributed by atoms with Crippen molar-refractivity contribution in [3.63, 3.8) is 0 Å². The summed E-state index contributed by atoms with van der Waals surface area (Å²) in [6.45, 7) is 1.96. The summed E-state index contributed by atoms with van der Waals surface area (Å²) < 4.78 is 1.05. The van der Waals surface area contributed by atoms with Gasteiger partial charge in [-0.25, -0.2) is 4.98 Å². The molecule has 1 aromatic carbocycles. The van der Waals surface area contributed by atoms with E-state index in [0.29, 0.717) is 5.95 Å². The minimum absolute atomic E-state index is 0.590. The number of aromatic nitrogens is 2. The summed E-state index contributed by atoms with van der Waals surface area (Å²) in [5, 5.41) is 6.93. The van der Waals surface area contributed by atoms with Gasteiger partial charge in [0, 0.05) is 27.4 Å². The molecule has 2 N–H and O–H groups in total. The molecule has 1 aromatic heterocycles. The number of hydrogen-bond acceptors (Lipinski definition) is 4. The molecule has 0 saturated carbocycles. The topological polar surface area (TPSA) is 49.8 Å². The molecule has 0 fully saturated rings. The first-order valence-corrected chi connectivity index (χ1v) is 6.79. The molecular weight excluding hydrogens is 363 g/mol. The Morgan fingerprint density at radius 1 is 1.33 bits per heavy atom. The van der Waals surface area contributed by atoms with Crippen molar-refractivity contribution in [2.75, 3.05) is 17.7 Å². The lowest BCUT2D eigenvalue weighted by Gasteiger charge is -2.11. The zero-order valence-electron chi connectivity index (χ0n) is 9.96. The molecule has 0 aliphatic carbocycles. The van der Waals surface area contributed by atoms with Gasteiger partial charge in [0.25, 0.3) is 0 Å². The standard InChI is InChI=1S/C12H12ClIN4/c1-7-6-16-12(15-2)18-11(7)17-10-4-3-8(13)5-9(10)14/h3-6H,1-2H3,(H2,15,16,17,18). The Morgan fingerprint density at radius 3 is 2.78 bits per heavy atom. The number of nitrogens with one attached hydrogen (secondary N) is 2. The SMILES string of the molecule is CNc1ncc(C)c(Nc2ccc(Cl)cc2I)n1. The fraction of sp³-hybridized carbons (Fsp3) is 0.167. The summed E-state index contributed by atoms with van der Waals surface area (Å²) in [7, 11) is 1.79. The van der Waals surface area contributed by atoms with Crippen molar-refractivity contribution in [1.82, 2.24) is 9.97 Å². The van der Waals surface area contributed by atoms with Crippen LogP contribution in [0.5, 0.6) is 0 Å². The van der Waals surface area contributed by atoms with E-state index in [-0.39, 0.29) is 0 Å². The lowest BCUT2D eigenvalue weighted by atomic mass is 10.3. The zero-order valence-corrected chi connectivity index (χ0v) is 12.9. The van der Waals surface area contributed by atoms with Crippen LogP contribution in [0.1, 0.15) is 5.56 Å². The Bertz CT molecular complexity index is 574. The van der Waals surface area contributed by atoms with Gasteiger partial charge in [0.15, 0.2) is 0 Å². The van der Waals surface area contributed by atoms with Crippen LogP contribution in [0.2, 0.25) is 5.02 Å². The average Bonchev–Trinajstić information content (AvgIpc) is 2.35. The van der Waals surface area contributed by atoms with E-state index >= 15 is 0 Å². The van der Waals surface area contributed by atoms with Crippen molar-refractivity contribution >= 4 is 51.6 Å². The van der Waals surface area contributed by atoms with Crippen LogP contribution in [0.3, 0.4) is 0 Å². The molecule has 2 rings (SSSR count). The van der Waals surface area contributed by atoms with Crippen LogP contribution in [0.15, 0.2) is 24.4 Å². The van der Waals surface area contributed by atoms with Crippen molar-refractivity contribution in [1.29, 1.82) is 0 Å². The maximum absolute atomic E-state index is 5.93. The highest BCUT2D eigenvalue weighted by Gasteiger charge is 2.06. The van der Waals surface area contributed by atoms with Gasteiger partial charge >= 0.3 is 0 Å². The second-order valence-electron chi connectivity index (χ2n) is 3.72. The zero-order chi connectivity index (χ0) is 13.1. The summed E-state index contributed by atoms with van der Waals surface area (Å²) >= 11 is 8.17. The van der Waals surface area contributed by atoms with Gasteiger partial charge in [-0.15, -0.1) is 0 Å². The highest BCUT2D eigenvalue weighted by Crippen LogP contribution is 2.26. The number of aryl methyl sites for hydroxylation is 1. The Hall–Kier alpha value is -1.08. The molecule has 6 heteroatoms. The molecule has 0 aliphatic heterocycles. The number of halogens is 2. The first-order chi connectivity index (χ1) is 8.60. The second-order valence-corrected chi connectivity index (χ2v) is 5.32. The number of hydrogen-bond donors (Lipinski definition) is 2. The molecular formula is C12H12ClIN4. The minimum atomic E-state index is 0.590. The predicted octanol–water partition coefficient (Wildman–Crippen LogP) is 3.83. The van der Waals surface area contributed by atoms with Crippen molar-refractivity contribution < 1.29 is 0 Å². The molecule has 0 spiro atoms. The molecule has 0 saturated heterocycles. The van der Waals surface area contributed by atoms with Crippen LogP contribution in [-0.2, 0) is 0 Å². The van der Waals surface area contributed by atoms with E-state index in [1.54, 1.807) is 13.2 Å². The van der Waals surface area contributed by atoms with E-state index < -0.39 is 0 Å². The van der Waals surface area contributed by atoms with Crippen LogP contribution in [-0.4, -0.2) is 17.0 Å². The molecule has 0 amide bonds. The highest BCUT2D eigenvalue weighted by molar-refractivity contribution is 14.1. The van der Waals surface area contributed by atoms with Crippen molar-refractivity contribution in [2.45, 2.75) is 6.92 Å². The minimum Gasteiger partial charge on any atom is -0.357 e. The van der Waals surface area contributed by atoms with Crippen LogP contribution >= 0.6 is 34.2 Å². The van der Waals surface area contributed by atoms with E-state index in [1.807, 2.05) is 25.1 Å². The van der Waals surface area contributed by atoms with Gasteiger partial charge in [-0.05, 0) is 47.7 Å². The van der Waals surface area contributed by atoms with Gasteiger partial charge in [-0.2, -0.15) is 4.98 Å². The van der Waals surface area contributed by atoms with Crippen LogP contribution in [0.25, 0.3) is 0 Å². The Labute approximate surface area is 124 Å². The maximum atomic E-state index is 5.93. The molecule has 94 valence electrons. The summed E-state index contributed by atoms with van der Waals surface area (Å²) in [4.78, 5) is 8.53. The van der Waals surface area contributed by atoms with Crippen LogP contribution < -0.4 is 10.6 Å². The van der Waals surface area contributed by atoms with E-state index in [0.717, 1.165) is 25.7 Å². The van der Waals surface area contributed by atoms with Gasteiger partial charge in [-0.1, -0.05) is 11.6 Å². The van der Waals surface area contributed by atoms with Gasteiger partial charge < -0.3 is 10.6 Å². The van der Waals surface area contributed by atoms with Gasteiger partial charge in [0.2, 0.25) is 5.95 Å². The number of benzene rings is 1. The molecule has 2 aromatic rings. The quantitative estimate of drug-likeness (QED) is 0.802. The fourth-order valence-electron chi connectivity index (χ4n) is 1.41. The van der Waals surface area contributed by atoms with Gasteiger partial charge in [0.05, 0.1) is 5.69 Å². The first-order valence-electron chi connectivity index (χ1n) is 5.33. The third kappa shape index (κ3) is 3.02. The molecule has 4 nitrogen and oxygen atoms in total. The van der Waals surface area contributed by atoms with E-state index in [9.17, 15) is 0 Å². The van der Waals surface area contributed by atoms with E-state index in [4.69, 9.17) is 11.6 Å². The number of anilines is 3. The maximum Gasteiger partial charge on any atom is 0.224 e. The molecule has 0 aliphatic rings. The Kier molecular flexibility index (Phi) is 4.23. The molecule has 0 unspecified atom stereocenters. The Morgan fingerprint density at radius 2 is 2.11 bits per heavy atom. The number of nitrogens with zero attached hydrogens (tertiary/aromatic N) is 2. The van der Waals surface area contributed by atoms with Crippen LogP contribution in [0.4, 0.5) is 17.5 Å². The van der Waals surface area contributed by atoms with Gasteiger partial charge in [0.1, 0.15) is 5.82 Å². The summed E-state index contributed by atoms with van der Waals surface area (Å²) in [6.07, 6.45) is 1.78. The molecule has 0 radical (unpaired) electrons. The Balaban J connectivity index is 2.33. The summed E-state index contributed by atoms with van der Waals surface area (Å²) in [6, 6.07) is 5.69. The third-order valence-corrected chi connectivity index (χ3v) is 3.51. The van der Waals surface area contributed by atoms with Crippen molar-refractivity contribution in [2.24, 2.45) is 0 Å². The smallest absolute Gasteiger partial charge is 0.224 e. The summed E-state index contributed by atoms with van der Waals surface area (Å²) in [5.74, 6) is 1.38. The largest absolute Gasteiger partial charge is 0.357 e. The lowest BCUT2D eigenvalue weighted by molar-refractivity contribution is 1.12. The highest BCUT2D eigenvalue weighted by atomic mass is 127. The number of rotatable bonds is 3. The fourth-order valence-corrected chi connectivity index (χ4v) is 2.41. The van der Waals surface area contributed by atoms with Crippen LogP contribution in [0, 0.1) is 10.5 Å². The molecule has 1 heterocycles. The van der Waals surface area contributed by atoms with E-state index in [1.165, 1.54) is 0 Å². The average molecular weight is 375 g/mol. The predicted molar refractivity (Wildman–Crippen MR) is 83.8 cm³/mol. The third-order valence-electron chi connectivity index (χ3n) is 2.38. The van der Waals surface area contributed by atoms with Crippen molar-refractivity contribution in [3.8, 4) is 0 Å². The lowest BCUT2D eigenvalue weighted by Crippen LogP contribution is -2.03. The molecule has 18 heavy (non-hydrogen) atoms. The second kappa shape index (κ2) is 5.71. The van der Waals surface area contributed by atoms with Crippen molar-refractivity contribution in [3.05, 3.63) is 38.6 Å². The normalized spacial score (nSPS) is 10.2. The molecule has 0 atom stereocenters. The van der Waals surface area contributed by atoms with E-state index in [2.05, 4.69) is 43.2 Å². The molecule has 0 bridgehead atoms.